The van der Waals surface area contributed by atoms with Crippen LogP contribution in [0.2, 0.25) is 25.7 Å². The van der Waals surface area contributed by atoms with E-state index in [2.05, 4.69) is 26.2 Å². The second kappa shape index (κ2) is 6.71. The second-order valence-corrected chi connectivity index (χ2v) is 11.5. The van der Waals surface area contributed by atoms with Gasteiger partial charge in [0.2, 0.25) is 0 Å². The van der Waals surface area contributed by atoms with E-state index in [1.165, 1.54) is 0 Å². The normalized spacial score (nSPS) is 15.6. The molecule has 18 heavy (non-hydrogen) atoms. The highest BCUT2D eigenvalue weighted by atomic mass is 28.3. The third-order valence-corrected chi connectivity index (χ3v) is 4.57. The third kappa shape index (κ3) is 5.47. The maximum Gasteiger partial charge on any atom is 0.0783 e. The molecule has 0 aromatic heterocycles. The van der Waals surface area contributed by atoms with Crippen LogP contribution >= 0.6 is 0 Å². The Bertz CT molecular complexity index is 389. The maximum atomic E-state index is 10.2. The summed E-state index contributed by atoms with van der Waals surface area (Å²) in [5.41, 5.74) is 1.12. The number of aliphatic hydroxyl groups excluding tert-OH is 1. The van der Waals surface area contributed by atoms with E-state index < -0.39 is 14.2 Å². The van der Waals surface area contributed by atoms with Crippen molar-refractivity contribution in [2.75, 3.05) is 0 Å². The van der Waals surface area contributed by atoms with E-state index in [-0.39, 0.29) is 5.92 Å². The molecule has 0 saturated heterocycles. The van der Waals surface area contributed by atoms with E-state index in [1.807, 2.05) is 48.6 Å². The number of benzene rings is 1. The molecule has 0 radical (unpaired) electrons. The van der Waals surface area contributed by atoms with E-state index in [4.69, 9.17) is 0 Å². The fourth-order valence-corrected chi connectivity index (χ4v) is 3.79. The Morgan fingerprint density at radius 2 is 1.83 bits per heavy atom. The highest BCUT2D eigenvalue weighted by Crippen LogP contribution is 2.22. The van der Waals surface area contributed by atoms with Crippen LogP contribution in [-0.4, -0.2) is 19.3 Å². The highest BCUT2D eigenvalue weighted by molar-refractivity contribution is 6.76. The largest absolute Gasteiger partial charge is 0.388 e. The molecule has 0 aliphatic carbocycles. The first-order valence-electron chi connectivity index (χ1n) is 6.46. The molecule has 0 heterocycles. The SMILES string of the molecule is C=C[C@H](C[Si](C)(C)C)[C@@H](O)/C=C/c1ccccc1. The van der Waals surface area contributed by atoms with Crippen molar-refractivity contribution in [1.29, 1.82) is 0 Å². The van der Waals surface area contributed by atoms with Crippen LogP contribution in [0.3, 0.4) is 0 Å². The minimum atomic E-state index is -1.18. The van der Waals surface area contributed by atoms with Gasteiger partial charge in [0.25, 0.3) is 0 Å². The first-order valence-corrected chi connectivity index (χ1v) is 10.2. The van der Waals surface area contributed by atoms with Crippen molar-refractivity contribution in [3.63, 3.8) is 0 Å². The quantitative estimate of drug-likeness (QED) is 0.600. The van der Waals surface area contributed by atoms with Crippen molar-refractivity contribution < 1.29 is 5.11 Å². The van der Waals surface area contributed by atoms with Crippen molar-refractivity contribution in [3.05, 3.63) is 54.6 Å². The van der Waals surface area contributed by atoms with E-state index >= 15 is 0 Å². The summed E-state index contributed by atoms with van der Waals surface area (Å²) in [4.78, 5) is 0. The Morgan fingerprint density at radius 1 is 1.22 bits per heavy atom. The predicted molar refractivity (Wildman–Crippen MR) is 83.3 cm³/mol. The van der Waals surface area contributed by atoms with Crippen LogP contribution in [0.5, 0.6) is 0 Å². The minimum Gasteiger partial charge on any atom is -0.388 e. The summed E-state index contributed by atoms with van der Waals surface area (Å²) in [5, 5.41) is 10.2. The summed E-state index contributed by atoms with van der Waals surface area (Å²) < 4.78 is 0. The molecule has 1 N–H and O–H groups in total. The van der Waals surface area contributed by atoms with Crippen LogP contribution in [0, 0.1) is 5.92 Å². The molecule has 1 rings (SSSR count). The highest BCUT2D eigenvalue weighted by Gasteiger charge is 2.22. The molecule has 0 spiro atoms. The molecule has 2 heteroatoms. The fourth-order valence-electron chi connectivity index (χ4n) is 1.97. The van der Waals surface area contributed by atoms with E-state index in [0.717, 1.165) is 11.6 Å². The Hall–Kier alpha value is -1.12. The zero-order chi connectivity index (χ0) is 13.6. The summed E-state index contributed by atoms with van der Waals surface area (Å²) >= 11 is 0. The van der Waals surface area contributed by atoms with Gasteiger partial charge in [0, 0.05) is 14.0 Å². The average Bonchev–Trinajstić information content (AvgIpc) is 2.33. The first-order chi connectivity index (χ1) is 8.42. The fraction of sp³-hybridized carbons (Fsp3) is 0.375. The zero-order valence-electron chi connectivity index (χ0n) is 11.6. The molecule has 1 nitrogen and oxygen atoms in total. The lowest BCUT2D eigenvalue weighted by molar-refractivity contribution is 0.185. The van der Waals surface area contributed by atoms with Crippen molar-refractivity contribution in [3.8, 4) is 0 Å². The van der Waals surface area contributed by atoms with Crippen molar-refractivity contribution >= 4 is 14.1 Å². The van der Waals surface area contributed by atoms with Crippen molar-refractivity contribution in [2.45, 2.75) is 31.8 Å². The summed E-state index contributed by atoms with van der Waals surface area (Å²) in [6, 6.07) is 11.1. The molecule has 0 bridgehead atoms. The standard InChI is InChI=1S/C16H24OSi/c1-5-15(13-18(2,3)4)16(17)12-11-14-9-7-6-8-10-14/h5-12,15-17H,1,13H2,2-4H3/b12-11+/t15-,16+/m1/s1. The van der Waals surface area contributed by atoms with Gasteiger partial charge in [0.15, 0.2) is 0 Å². The molecule has 0 unspecified atom stereocenters. The van der Waals surface area contributed by atoms with E-state index in [0.29, 0.717) is 0 Å². The van der Waals surface area contributed by atoms with Gasteiger partial charge in [-0.05, 0) is 11.6 Å². The van der Waals surface area contributed by atoms with Gasteiger partial charge in [0.1, 0.15) is 0 Å². The number of hydrogen-bond donors (Lipinski definition) is 1. The Balaban J connectivity index is 2.65. The monoisotopic (exact) mass is 260 g/mol. The average molecular weight is 260 g/mol. The molecule has 0 amide bonds. The molecule has 0 saturated carbocycles. The molecule has 1 aromatic carbocycles. The van der Waals surface area contributed by atoms with Gasteiger partial charge in [-0.1, -0.05) is 68.2 Å². The lowest BCUT2D eigenvalue weighted by Gasteiger charge is -2.24. The van der Waals surface area contributed by atoms with Crippen LogP contribution in [0.25, 0.3) is 6.08 Å². The van der Waals surface area contributed by atoms with Gasteiger partial charge in [-0.2, -0.15) is 0 Å². The van der Waals surface area contributed by atoms with Crippen LogP contribution in [-0.2, 0) is 0 Å². The lowest BCUT2D eigenvalue weighted by Crippen LogP contribution is -2.28. The number of hydrogen-bond acceptors (Lipinski definition) is 1. The Kier molecular flexibility index (Phi) is 5.57. The lowest BCUT2D eigenvalue weighted by atomic mass is 10.0. The molecule has 98 valence electrons. The van der Waals surface area contributed by atoms with E-state index in [9.17, 15) is 5.11 Å². The maximum absolute atomic E-state index is 10.2. The first kappa shape index (κ1) is 14.9. The molecule has 0 fully saturated rings. The van der Waals surface area contributed by atoms with Gasteiger partial charge >= 0.3 is 0 Å². The summed E-state index contributed by atoms with van der Waals surface area (Å²) in [7, 11) is -1.18. The molecular weight excluding hydrogens is 236 g/mol. The molecule has 0 aliphatic heterocycles. The predicted octanol–water partition coefficient (Wildman–Crippen LogP) is 4.20. The molecule has 2 atom stereocenters. The van der Waals surface area contributed by atoms with Crippen LogP contribution in [0.1, 0.15) is 5.56 Å². The van der Waals surface area contributed by atoms with Crippen LogP contribution < -0.4 is 0 Å². The molecule has 1 aromatic rings. The topological polar surface area (TPSA) is 20.2 Å². The summed E-state index contributed by atoms with van der Waals surface area (Å²) in [6.45, 7) is 10.8. The minimum absolute atomic E-state index is 0.164. The summed E-state index contributed by atoms with van der Waals surface area (Å²) in [5.74, 6) is 0.164. The van der Waals surface area contributed by atoms with Crippen LogP contribution in [0.4, 0.5) is 0 Å². The Morgan fingerprint density at radius 3 is 2.33 bits per heavy atom. The molecular formula is C16H24OSi. The van der Waals surface area contributed by atoms with E-state index in [1.54, 1.807) is 0 Å². The van der Waals surface area contributed by atoms with Gasteiger partial charge in [0.05, 0.1) is 6.10 Å². The smallest absolute Gasteiger partial charge is 0.0783 e. The molecule has 0 aliphatic rings. The summed E-state index contributed by atoms with van der Waals surface area (Å²) in [6.07, 6.45) is 5.31. The third-order valence-electron chi connectivity index (χ3n) is 2.87. The van der Waals surface area contributed by atoms with Crippen LogP contribution in [0.15, 0.2) is 49.1 Å². The second-order valence-electron chi connectivity index (χ2n) is 5.92. The van der Waals surface area contributed by atoms with Gasteiger partial charge in [-0.15, -0.1) is 6.58 Å². The number of rotatable bonds is 6. The number of aliphatic hydroxyl groups is 1. The van der Waals surface area contributed by atoms with Gasteiger partial charge < -0.3 is 5.11 Å². The van der Waals surface area contributed by atoms with Gasteiger partial charge in [-0.3, -0.25) is 0 Å². The van der Waals surface area contributed by atoms with Crippen molar-refractivity contribution in [2.24, 2.45) is 5.92 Å². The zero-order valence-corrected chi connectivity index (χ0v) is 12.6. The van der Waals surface area contributed by atoms with Crippen molar-refractivity contribution in [1.82, 2.24) is 0 Å². The Labute approximate surface area is 112 Å². The van der Waals surface area contributed by atoms with Gasteiger partial charge in [-0.25, -0.2) is 0 Å².